The van der Waals surface area contributed by atoms with Gasteiger partial charge in [0.2, 0.25) is 23.7 Å². The number of unbranched alkanes of at least 4 members (excludes halogenated alkanes) is 1. The van der Waals surface area contributed by atoms with E-state index in [1.807, 2.05) is 31.2 Å². The number of piperidine rings is 1. The number of imidazole rings is 1. The first-order valence-corrected chi connectivity index (χ1v) is 18.2. The van der Waals surface area contributed by atoms with Crippen LogP contribution in [-0.2, 0) is 20.8 Å². The molecule has 282 valence electrons. The third-order valence-electron chi connectivity index (χ3n) is 9.87. The Kier molecular flexibility index (Phi) is 10.6. The summed E-state index contributed by atoms with van der Waals surface area (Å²) >= 11 is 0. The number of imide groups is 2. The summed E-state index contributed by atoms with van der Waals surface area (Å²) in [6, 6.07) is 13.5. The van der Waals surface area contributed by atoms with Crippen LogP contribution in [0.3, 0.4) is 0 Å². The molecule has 0 bridgehead atoms. The van der Waals surface area contributed by atoms with Crippen molar-refractivity contribution in [2.45, 2.75) is 64.3 Å². The number of nitrogens with zero attached hydrogens (tertiary/aromatic N) is 5. The number of rotatable bonds is 13. The lowest BCUT2D eigenvalue weighted by molar-refractivity contribution is -0.136. The number of halogens is 1. The molecule has 7 rings (SSSR count). The fraction of sp³-hybridized carbons (Fsp3) is 0.300. The number of hydrogen-bond acceptors (Lipinski definition) is 10. The minimum absolute atomic E-state index is 0.0244. The van der Waals surface area contributed by atoms with Gasteiger partial charge in [0.15, 0.2) is 0 Å². The predicted octanol–water partition coefficient (Wildman–Crippen LogP) is 4.54. The zero-order valence-electron chi connectivity index (χ0n) is 30.1. The second kappa shape index (κ2) is 15.8. The highest BCUT2D eigenvalue weighted by Crippen LogP contribution is 2.34. The first-order chi connectivity index (χ1) is 26.6. The van der Waals surface area contributed by atoms with Gasteiger partial charge in [0.05, 0.1) is 46.4 Å². The molecule has 1 aliphatic carbocycles. The fourth-order valence-electron chi connectivity index (χ4n) is 7.02. The maximum Gasteiger partial charge on any atom is 0.266 e. The SMILES string of the molecule is CC/C(=N\n1c(Cc2ccc3ncccc3c2)cnc1N)C1=CC(F)=C(C(=O)NCCCCOc2cccc3c2C(=O)N(C2CCC(=O)NC2=O)C3=O)CC1. The van der Waals surface area contributed by atoms with Crippen LogP contribution in [0.2, 0.25) is 0 Å². The normalized spacial score (nSPS) is 17.4. The molecule has 4 heterocycles. The van der Waals surface area contributed by atoms with E-state index in [1.165, 1.54) is 12.1 Å². The first kappa shape index (κ1) is 36.8. The summed E-state index contributed by atoms with van der Waals surface area (Å²) < 4.78 is 22.8. The molecule has 2 aromatic heterocycles. The number of allylic oxidation sites excluding steroid dienone is 3. The molecule has 1 saturated heterocycles. The van der Waals surface area contributed by atoms with E-state index in [4.69, 9.17) is 15.6 Å². The Morgan fingerprint density at radius 2 is 1.91 bits per heavy atom. The Balaban J connectivity index is 0.925. The summed E-state index contributed by atoms with van der Waals surface area (Å²) in [5.74, 6) is -3.09. The number of nitrogens with two attached hydrogens (primary N) is 1. The van der Waals surface area contributed by atoms with Gasteiger partial charge in [-0.25, -0.2) is 14.1 Å². The number of fused-ring (bicyclic) bond motifs is 2. The van der Waals surface area contributed by atoms with E-state index in [2.05, 4.69) is 26.7 Å². The molecule has 0 spiro atoms. The van der Waals surface area contributed by atoms with Gasteiger partial charge in [0, 0.05) is 31.0 Å². The van der Waals surface area contributed by atoms with Crippen LogP contribution in [0.15, 0.2) is 89.1 Å². The fourth-order valence-corrected chi connectivity index (χ4v) is 7.02. The van der Waals surface area contributed by atoms with E-state index in [0.29, 0.717) is 43.4 Å². The second-order valence-electron chi connectivity index (χ2n) is 13.5. The van der Waals surface area contributed by atoms with Gasteiger partial charge in [0.25, 0.3) is 11.8 Å². The lowest BCUT2D eigenvalue weighted by Crippen LogP contribution is -2.54. The van der Waals surface area contributed by atoms with Crippen LogP contribution < -0.4 is 21.1 Å². The van der Waals surface area contributed by atoms with E-state index in [1.54, 1.807) is 29.2 Å². The number of aromatic nitrogens is 3. The molecule has 1 fully saturated rings. The number of pyridine rings is 1. The van der Waals surface area contributed by atoms with Gasteiger partial charge < -0.3 is 15.8 Å². The third-order valence-corrected chi connectivity index (χ3v) is 9.87. The summed E-state index contributed by atoms with van der Waals surface area (Å²) in [4.78, 5) is 72.8. The Bertz CT molecular complexity index is 2330. The quantitative estimate of drug-likeness (QED) is 0.100. The number of carbonyl (C=O) groups is 5. The first-order valence-electron chi connectivity index (χ1n) is 18.2. The number of carbonyl (C=O) groups excluding carboxylic acids is 5. The minimum Gasteiger partial charge on any atom is -0.493 e. The zero-order valence-corrected chi connectivity index (χ0v) is 30.1. The van der Waals surface area contributed by atoms with Crippen molar-refractivity contribution in [1.29, 1.82) is 0 Å². The molecule has 1 unspecified atom stereocenters. The average molecular weight is 747 g/mol. The smallest absolute Gasteiger partial charge is 0.266 e. The number of nitrogens with one attached hydrogen (secondary N) is 2. The highest BCUT2D eigenvalue weighted by atomic mass is 19.1. The Morgan fingerprint density at radius 1 is 1.05 bits per heavy atom. The summed E-state index contributed by atoms with van der Waals surface area (Å²) in [6.45, 7) is 2.37. The molecule has 4 N–H and O–H groups in total. The summed E-state index contributed by atoms with van der Waals surface area (Å²) in [6.07, 6.45) is 7.52. The average Bonchev–Trinajstić information content (AvgIpc) is 3.65. The Morgan fingerprint density at radius 3 is 2.71 bits per heavy atom. The molecule has 4 aromatic rings. The maximum absolute atomic E-state index is 15.4. The van der Waals surface area contributed by atoms with Crippen molar-refractivity contribution < 1.29 is 33.1 Å². The number of ether oxygens (including phenoxy) is 1. The van der Waals surface area contributed by atoms with Crippen molar-refractivity contribution in [2.75, 3.05) is 18.9 Å². The zero-order chi connectivity index (χ0) is 38.6. The highest BCUT2D eigenvalue weighted by molar-refractivity contribution is 6.24. The van der Waals surface area contributed by atoms with Crippen molar-refractivity contribution in [1.82, 2.24) is 30.2 Å². The van der Waals surface area contributed by atoms with Gasteiger partial charge in [-0.3, -0.25) is 39.2 Å². The Hall–Kier alpha value is -6.51. The lowest BCUT2D eigenvalue weighted by Gasteiger charge is -2.27. The van der Waals surface area contributed by atoms with Crippen molar-refractivity contribution in [3.8, 4) is 5.75 Å². The summed E-state index contributed by atoms with van der Waals surface area (Å²) in [7, 11) is 0. The van der Waals surface area contributed by atoms with Crippen LogP contribution in [-0.4, -0.2) is 74.0 Å². The van der Waals surface area contributed by atoms with Gasteiger partial charge in [-0.2, -0.15) is 5.10 Å². The maximum atomic E-state index is 15.4. The van der Waals surface area contributed by atoms with Crippen molar-refractivity contribution in [3.63, 3.8) is 0 Å². The molecular weight excluding hydrogens is 707 g/mol. The van der Waals surface area contributed by atoms with E-state index < -0.39 is 41.4 Å². The predicted molar refractivity (Wildman–Crippen MR) is 201 cm³/mol. The van der Waals surface area contributed by atoms with Gasteiger partial charge in [-0.1, -0.05) is 25.1 Å². The van der Waals surface area contributed by atoms with Crippen molar-refractivity contribution in [3.05, 3.63) is 106 Å². The molecule has 0 saturated carbocycles. The molecule has 3 aliphatic rings. The van der Waals surface area contributed by atoms with Crippen LogP contribution in [0, 0.1) is 0 Å². The number of amides is 5. The van der Waals surface area contributed by atoms with Crippen molar-refractivity contribution in [2.24, 2.45) is 5.10 Å². The van der Waals surface area contributed by atoms with Crippen molar-refractivity contribution >= 4 is 52.1 Å². The monoisotopic (exact) mass is 746 g/mol. The number of nitrogen functional groups attached to an aromatic ring is 1. The Labute approximate surface area is 315 Å². The number of benzene rings is 2. The van der Waals surface area contributed by atoms with Gasteiger partial charge in [-0.15, -0.1) is 0 Å². The van der Waals surface area contributed by atoms with E-state index in [0.717, 1.165) is 27.1 Å². The highest BCUT2D eigenvalue weighted by Gasteiger charge is 2.46. The number of anilines is 1. The van der Waals surface area contributed by atoms with E-state index in [9.17, 15) is 24.0 Å². The summed E-state index contributed by atoms with van der Waals surface area (Å²) in [5, 5.41) is 10.8. The van der Waals surface area contributed by atoms with Gasteiger partial charge in [0.1, 0.15) is 17.6 Å². The van der Waals surface area contributed by atoms with Crippen LogP contribution in [0.4, 0.5) is 10.3 Å². The van der Waals surface area contributed by atoms with Crippen LogP contribution >= 0.6 is 0 Å². The second-order valence-corrected chi connectivity index (χ2v) is 13.5. The minimum atomic E-state index is -1.07. The van der Waals surface area contributed by atoms with Crippen LogP contribution in [0.25, 0.3) is 10.9 Å². The molecule has 14 nitrogen and oxygen atoms in total. The van der Waals surface area contributed by atoms with E-state index in [-0.39, 0.29) is 60.8 Å². The molecule has 2 aliphatic heterocycles. The van der Waals surface area contributed by atoms with Gasteiger partial charge in [-0.05, 0) is 86.1 Å². The van der Waals surface area contributed by atoms with Crippen LogP contribution in [0.1, 0.15) is 83.8 Å². The molecule has 15 heteroatoms. The largest absolute Gasteiger partial charge is 0.493 e. The molecule has 1 atom stereocenters. The summed E-state index contributed by atoms with van der Waals surface area (Å²) in [5.41, 5.74) is 10.5. The lowest BCUT2D eigenvalue weighted by atomic mass is 9.93. The standard InChI is InChI=1S/C40H39FN8O6/c1-2-30(47-49-26(22-45-40(49)42)20-23-10-13-31-24(19-23)7-6-17-43-31)25-11-12-27(29(41)21-25)36(51)44-16-3-4-18-55-33-9-5-8-28-35(33)39(54)48(38(28)53)32-14-15-34(50)46-37(32)52/h5-10,13,17,19,21-22,32H,2-4,11-12,14-16,18,20H2,1H3,(H2,42,45)(H,44,51)(H,46,50,52)/b47-30+. The molecule has 0 radical (unpaired) electrons. The van der Waals surface area contributed by atoms with E-state index >= 15 is 4.39 Å². The number of hydrogen-bond donors (Lipinski definition) is 3. The third kappa shape index (κ3) is 7.63. The van der Waals surface area contributed by atoms with Gasteiger partial charge >= 0.3 is 0 Å². The molecule has 5 amide bonds. The molecule has 55 heavy (non-hydrogen) atoms. The van der Waals surface area contributed by atoms with Crippen LogP contribution in [0.5, 0.6) is 5.75 Å². The molecular formula is C40H39FN8O6. The topological polar surface area (TPSA) is 191 Å². The molecule has 2 aromatic carbocycles.